The van der Waals surface area contributed by atoms with Crippen molar-refractivity contribution < 1.29 is 14.7 Å². The van der Waals surface area contributed by atoms with Gasteiger partial charge in [0.2, 0.25) is 0 Å². The molecule has 4 nitrogen and oxygen atoms in total. The molecule has 0 saturated heterocycles. The molecule has 0 spiro atoms. The van der Waals surface area contributed by atoms with Crippen molar-refractivity contribution in [2.75, 3.05) is 0 Å². The first-order valence-corrected chi connectivity index (χ1v) is 8.61. The normalized spacial score (nSPS) is 22.0. The van der Waals surface area contributed by atoms with Crippen LogP contribution in [-0.2, 0) is 0 Å². The van der Waals surface area contributed by atoms with E-state index in [1.165, 1.54) is 0 Å². The summed E-state index contributed by atoms with van der Waals surface area (Å²) in [7, 11) is 0. The summed E-state index contributed by atoms with van der Waals surface area (Å²) in [4.78, 5) is 30.5. The van der Waals surface area contributed by atoms with Crippen LogP contribution in [0.15, 0.2) is 77.2 Å². The highest BCUT2D eigenvalue weighted by molar-refractivity contribution is 6.39. The van der Waals surface area contributed by atoms with Gasteiger partial charge < -0.3 is 5.11 Å². The maximum Gasteiger partial charge on any atom is 0.180 e. The van der Waals surface area contributed by atoms with Gasteiger partial charge in [-0.05, 0) is 41.5 Å². The topological polar surface area (TPSA) is 66.7 Å². The Labute approximate surface area is 149 Å². The summed E-state index contributed by atoms with van der Waals surface area (Å²) in [5.74, 6) is -1.71. The van der Waals surface area contributed by atoms with E-state index in [4.69, 9.17) is 0 Å². The van der Waals surface area contributed by atoms with Gasteiger partial charge in [-0.1, -0.05) is 36.4 Å². The summed E-state index contributed by atoms with van der Waals surface area (Å²) in [5.41, 5.74) is 1.77. The average molecular weight is 341 g/mol. The molecule has 0 aromatic heterocycles. The second kappa shape index (κ2) is 5.36. The smallest absolute Gasteiger partial charge is 0.180 e. The minimum atomic E-state index is -1.06. The summed E-state index contributed by atoms with van der Waals surface area (Å²) in [6.07, 6.45) is 8.22. The van der Waals surface area contributed by atoms with E-state index < -0.39 is 5.92 Å². The number of rotatable bonds is 1. The van der Waals surface area contributed by atoms with Crippen LogP contribution < -0.4 is 0 Å². The number of dihydropyridines is 1. The number of carbonyl (C=O) groups is 2. The molecule has 1 unspecified atom stereocenters. The number of benzene rings is 2. The predicted molar refractivity (Wildman–Crippen MR) is 99.6 cm³/mol. The van der Waals surface area contributed by atoms with Crippen LogP contribution in [0.3, 0.4) is 0 Å². The van der Waals surface area contributed by atoms with Gasteiger partial charge in [0.15, 0.2) is 11.6 Å². The summed E-state index contributed by atoms with van der Waals surface area (Å²) in [5, 5.41) is 12.3. The molecule has 4 heteroatoms. The number of carbonyl (C=O) groups excluding carboxylic acids is 2. The molecule has 0 saturated carbocycles. The zero-order chi connectivity index (χ0) is 17.8. The van der Waals surface area contributed by atoms with Gasteiger partial charge in [0.25, 0.3) is 0 Å². The minimum Gasteiger partial charge on any atom is -0.506 e. The van der Waals surface area contributed by atoms with Gasteiger partial charge in [-0.3, -0.25) is 14.6 Å². The van der Waals surface area contributed by atoms with Crippen molar-refractivity contribution in [1.29, 1.82) is 0 Å². The van der Waals surface area contributed by atoms with Crippen molar-refractivity contribution in [3.8, 4) is 0 Å². The number of Topliss-reactive ketones (excluding diaryl/α,β-unsaturated/α-hetero) is 2. The molecule has 2 aliphatic carbocycles. The monoisotopic (exact) mass is 341 g/mol. The third-order valence-electron chi connectivity index (χ3n) is 5.26. The highest BCUT2D eigenvalue weighted by Crippen LogP contribution is 2.36. The molecule has 0 bridgehead atoms. The lowest BCUT2D eigenvalue weighted by molar-refractivity contribution is 0.0881. The van der Waals surface area contributed by atoms with Crippen LogP contribution in [0, 0.1) is 11.8 Å². The van der Waals surface area contributed by atoms with Gasteiger partial charge in [-0.2, -0.15) is 0 Å². The Hall–Kier alpha value is -3.27. The number of aliphatic hydroxyl groups is 1. The lowest BCUT2D eigenvalue weighted by atomic mass is 9.88. The molecule has 1 aliphatic heterocycles. The molecule has 2 aromatic rings. The number of aliphatic hydroxyl groups excluding tert-OH is 1. The van der Waals surface area contributed by atoms with Gasteiger partial charge in [0.05, 0.1) is 0 Å². The quantitative estimate of drug-likeness (QED) is 0.791. The van der Waals surface area contributed by atoms with E-state index in [1.54, 1.807) is 18.2 Å². The SMILES string of the molecule is O=C1c2cc3ccccc3cc2C(=O)C1C1=NC2=CC=CCC2C=C1O. The third-order valence-corrected chi connectivity index (χ3v) is 5.26. The number of ketones is 2. The largest absolute Gasteiger partial charge is 0.506 e. The van der Waals surface area contributed by atoms with Crippen LogP contribution in [0.1, 0.15) is 27.1 Å². The fourth-order valence-corrected chi connectivity index (χ4v) is 3.92. The lowest BCUT2D eigenvalue weighted by Crippen LogP contribution is -2.30. The van der Waals surface area contributed by atoms with Gasteiger partial charge >= 0.3 is 0 Å². The van der Waals surface area contributed by atoms with Crippen LogP contribution in [0.5, 0.6) is 0 Å². The van der Waals surface area contributed by atoms with E-state index in [1.807, 2.05) is 42.5 Å². The number of hydrogen-bond acceptors (Lipinski definition) is 4. The second-order valence-corrected chi connectivity index (χ2v) is 6.82. The van der Waals surface area contributed by atoms with Crippen molar-refractivity contribution in [3.05, 3.63) is 83.3 Å². The van der Waals surface area contributed by atoms with Gasteiger partial charge in [0.1, 0.15) is 17.4 Å². The molecule has 26 heavy (non-hydrogen) atoms. The first kappa shape index (κ1) is 15.0. The number of hydrogen-bond donors (Lipinski definition) is 1. The zero-order valence-corrected chi connectivity index (χ0v) is 13.8. The highest BCUT2D eigenvalue weighted by atomic mass is 16.3. The third kappa shape index (κ3) is 2.05. The number of allylic oxidation sites excluding steroid dienone is 5. The molecule has 0 radical (unpaired) electrons. The summed E-state index contributed by atoms with van der Waals surface area (Å²) >= 11 is 0. The number of fused-ring (bicyclic) bond motifs is 3. The maximum absolute atomic E-state index is 13.0. The molecule has 1 heterocycles. The molecule has 3 aliphatic rings. The molecule has 0 amide bonds. The Kier molecular flexibility index (Phi) is 3.10. The van der Waals surface area contributed by atoms with Gasteiger partial charge in [-0.15, -0.1) is 0 Å². The van der Waals surface area contributed by atoms with Crippen molar-refractivity contribution >= 4 is 28.1 Å². The van der Waals surface area contributed by atoms with Crippen LogP contribution in [0.2, 0.25) is 0 Å². The Balaban J connectivity index is 1.63. The molecular weight excluding hydrogens is 326 g/mol. The molecule has 1 atom stereocenters. The zero-order valence-electron chi connectivity index (χ0n) is 13.8. The van der Waals surface area contributed by atoms with E-state index >= 15 is 0 Å². The molecule has 5 rings (SSSR count). The van der Waals surface area contributed by atoms with Crippen molar-refractivity contribution in [3.63, 3.8) is 0 Å². The molecule has 2 aromatic carbocycles. The summed E-state index contributed by atoms with van der Waals surface area (Å²) in [6.45, 7) is 0. The Morgan fingerprint density at radius 2 is 1.65 bits per heavy atom. The lowest BCUT2D eigenvalue weighted by Gasteiger charge is -2.23. The Morgan fingerprint density at radius 1 is 1.00 bits per heavy atom. The van der Waals surface area contributed by atoms with Crippen molar-refractivity contribution in [2.45, 2.75) is 6.42 Å². The maximum atomic E-state index is 13.0. The fourth-order valence-electron chi connectivity index (χ4n) is 3.92. The summed E-state index contributed by atoms with van der Waals surface area (Å²) < 4.78 is 0. The number of aliphatic imine (C=N–C) groups is 1. The first-order chi connectivity index (χ1) is 12.6. The summed E-state index contributed by atoms with van der Waals surface area (Å²) in [6, 6.07) is 11.2. The van der Waals surface area contributed by atoms with Crippen LogP contribution in [0.4, 0.5) is 0 Å². The highest BCUT2D eigenvalue weighted by Gasteiger charge is 2.44. The van der Waals surface area contributed by atoms with E-state index in [0.29, 0.717) is 11.1 Å². The standard InChI is InChI=1S/C22H15NO3/c24-18-11-14-7-3-4-8-17(14)23-20(18)19-21(25)15-9-12-5-1-2-6-13(12)10-16(15)22(19)26/h1-6,8-11,14,19,24H,7H2. The van der Waals surface area contributed by atoms with E-state index in [0.717, 1.165) is 22.9 Å². The predicted octanol–water partition coefficient (Wildman–Crippen LogP) is 4.19. The van der Waals surface area contributed by atoms with Gasteiger partial charge in [0, 0.05) is 22.7 Å². The fraction of sp³-hybridized carbons (Fsp3) is 0.136. The molecule has 126 valence electrons. The van der Waals surface area contributed by atoms with E-state index in [-0.39, 0.29) is 29.0 Å². The van der Waals surface area contributed by atoms with Gasteiger partial charge in [-0.25, -0.2) is 0 Å². The van der Waals surface area contributed by atoms with Crippen molar-refractivity contribution in [1.82, 2.24) is 0 Å². The number of nitrogens with zero attached hydrogens (tertiary/aromatic N) is 1. The Morgan fingerprint density at radius 3 is 2.31 bits per heavy atom. The van der Waals surface area contributed by atoms with Crippen LogP contribution >= 0.6 is 0 Å². The van der Waals surface area contributed by atoms with Crippen LogP contribution in [0.25, 0.3) is 10.8 Å². The first-order valence-electron chi connectivity index (χ1n) is 8.61. The van der Waals surface area contributed by atoms with E-state index in [2.05, 4.69) is 4.99 Å². The second-order valence-electron chi connectivity index (χ2n) is 6.82. The van der Waals surface area contributed by atoms with E-state index in [9.17, 15) is 14.7 Å². The Bertz CT molecular complexity index is 1060. The average Bonchev–Trinajstić information content (AvgIpc) is 2.90. The van der Waals surface area contributed by atoms with Crippen molar-refractivity contribution in [2.24, 2.45) is 16.8 Å². The molecular formula is C22H15NO3. The van der Waals surface area contributed by atoms with Crippen LogP contribution in [-0.4, -0.2) is 22.4 Å². The molecule has 1 N–H and O–H groups in total. The molecule has 0 fully saturated rings. The minimum absolute atomic E-state index is 0.000297.